The third kappa shape index (κ3) is 47.3. The van der Waals surface area contributed by atoms with Gasteiger partial charge in [0.1, 0.15) is 13.2 Å². The van der Waals surface area contributed by atoms with Crippen molar-refractivity contribution in [2.24, 2.45) is 5.92 Å². The molecule has 0 aliphatic rings. The second kappa shape index (κ2) is 47.5. The zero-order valence-electron chi connectivity index (χ0n) is 40.2. The van der Waals surface area contributed by atoms with Crippen LogP contribution in [0.3, 0.4) is 0 Å². The van der Waals surface area contributed by atoms with Crippen LogP contribution in [0.15, 0.2) is 0 Å². The van der Waals surface area contributed by atoms with Crippen LogP contribution in [-0.4, -0.2) is 37.2 Å². The van der Waals surface area contributed by atoms with Crippen molar-refractivity contribution in [3.05, 3.63) is 0 Å². The number of ether oxygens (including phenoxy) is 3. The van der Waals surface area contributed by atoms with Crippen molar-refractivity contribution in [2.75, 3.05) is 13.2 Å². The average Bonchev–Trinajstić information content (AvgIpc) is 3.22. The van der Waals surface area contributed by atoms with Gasteiger partial charge in [0.15, 0.2) is 6.10 Å². The predicted octanol–water partition coefficient (Wildman–Crippen LogP) is 17.1. The zero-order chi connectivity index (χ0) is 43.1. The molecule has 0 bridgehead atoms. The first kappa shape index (κ1) is 57.4. The fraction of sp³-hybridized carbons (Fsp3) is 0.943. The maximum absolute atomic E-state index is 12.8. The molecule has 0 heterocycles. The standard InChI is InChI=1S/C53H102O6/c1-5-7-9-11-13-15-17-19-20-21-22-23-25-27-29-33-38-42-46-53(56)59-50(48-58-52(55)45-41-37-34-30-31-35-39-43-49(3)4)47-57-51(54)44-40-36-32-28-26-24-18-16-14-12-10-8-6-2/h49-50H,5-48H2,1-4H3/t50-/m1/s1. The second-order valence-corrected chi connectivity index (χ2v) is 18.6. The molecule has 0 saturated heterocycles. The molecule has 0 aromatic carbocycles. The Kier molecular flexibility index (Phi) is 46.2. The molecule has 0 aliphatic heterocycles. The molecule has 0 aromatic rings. The lowest BCUT2D eigenvalue weighted by atomic mass is 10.0. The summed E-state index contributed by atoms with van der Waals surface area (Å²) in [6, 6.07) is 0. The monoisotopic (exact) mass is 835 g/mol. The highest BCUT2D eigenvalue weighted by atomic mass is 16.6. The third-order valence-corrected chi connectivity index (χ3v) is 12.0. The van der Waals surface area contributed by atoms with Gasteiger partial charge in [-0.1, -0.05) is 259 Å². The lowest BCUT2D eigenvalue weighted by molar-refractivity contribution is -0.167. The third-order valence-electron chi connectivity index (χ3n) is 12.0. The van der Waals surface area contributed by atoms with E-state index in [-0.39, 0.29) is 31.1 Å². The van der Waals surface area contributed by atoms with E-state index in [0.29, 0.717) is 19.3 Å². The van der Waals surface area contributed by atoms with Gasteiger partial charge in [-0.3, -0.25) is 14.4 Å². The first-order valence-electron chi connectivity index (χ1n) is 26.4. The fourth-order valence-electron chi connectivity index (χ4n) is 8.04. The van der Waals surface area contributed by atoms with Crippen molar-refractivity contribution in [3.8, 4) is 0 Å². The van der Waals surface area contributed by atoms with Crippen molar-refractivity contribution < 1.29 is 28.6 Å². The van der Waals surface area contributed by atoms with E-state index in [0.717, 1.165) is 63.7 Å². The van der Waals surface area contributed by atoms with E-state index < -0.39 is 6.10 Å². The summed E-state index contributed by atoms with van der Waals surface area (Å²) in [5.41, 5.74) is 0. The maximum atomic E-state index is 12.8. The molecule has 0 amide bonds. The van der Waals surface area contributed by atoms with Crippen LogP contribution in [0.4, 0.5) is 0 Å². The summed E-state index contributed by atoms with van der Waals surface area (Å²) in [6.45, 7) is 8.98. The van der Waals surface area contributed by atoms with Crippen molar-refractivity contribution in [1.29, 1.82) is 0 Å². The minimum absolute atomic E-state index is 0.0633. The van der Waals surface area contributed by atoms with Crippen LogP contribution in [-0.2, 0) is 28.6 Å². The largest absolute Gasteiger partial charge is 0.462 e. The van der Waals surface area contributed by atoms with Crippen molar-refractivity contribution >= 4 is 17.9 Å². The lowest BCUT2D eigenvalue weighted by Crippen LogP contribution is -2.30. The Hall–Kier alpha value is -1.59. The number of unbranched alkanes of at least 4 members (excludes halogenated alkanes) is 35. The zero-order valence-corrected chi connectivity index (χ0v) is 40.2. The van der Waals surface area contributed by atoms with Gasteiger partial charge in [0.25, 0.3) is 0 Å². The fourth-order valence-corrected chi connectivity index (χ4v) is 8.04. The molecule has 0 unspecified atom stereocenters. The van der Waals surface area contributed by atoms with Gasteiger partial charge in [-0.25, -0.2) is 0 Å². The second-order valence-electron chi connectivity index (χ2n) is 18.6. The Labute approximate surface area is 368 Å². The number of carbonyl (C=O) groups is 3. The van der Waals surface area contributed by atoms with Crippen LogP contribution in [0.5, 0.6) is 0 Å². The van der Waals surface area contributed by atoms with Gasteiger partial charge in [-0.05, 0) is 25.2 Å². The Morgan fingerprint density at radius 2 is 0.559 bits per heavy atom. The number of hydrogen-bond donors (Lipinski definition) is 0. The van der Waals surface area contributed by atoms with Gasteiger partial charge in [0.2, 0.25) is 0 Å². The topological polar surface area (TPSA) is 78.9 Å². The van der Waals surface area contributed by atoms with Crippen LogP contribution >= 0.6 is 0 Å². The van der Waals surface area contributed by atoms with Gasteiger partial charge in [-0.15, -0.1) is 0 Å². The smallest absolute Gasteiger partial charge is 0.306 e. The molecule has 0 rings (SSSR count). The highest BCUT2D eigenvalue weighted by Gasteiger charge is 2.19. The van der Waals surface area contributed by atoms with E-state index in [1.54, 1.807) is 0 Å². The molecule has 350 valence electrons. The summed E-state index contributed by atoms with van der Waals surface area (Å²) in [5, 5.41) is 0. The molecular formula is C53H102O6. The molecule has 59 heavy (non-hydrogen) atoms. The van der Waals surface area contributed by atoms with Crippen LogP contribution in [0, 0.1) is 5.92 Å². The number of hydrogen-bond acceptors (Lipinski definition) is 6. The number of rotatable bonds is 48. The molecule has 0 N–H and O–H groups in total. The van der Waals surface area contributed by atoms with Crippen molar-refractivity contribution in [1.82, 2.24) is 0 Å². The summed E-state index contributed by atoms with van der Waals surface area (Å²) in [6.07, 6.45) is 49.5. The maximum Gasteiger partial charge on any atom is 0.306 e. The quantitative estimate of drug-likeness (QED) is 0.0345. The first-order chi connectivity index (χ1) is 28.9. The van der Waals surface area contributed by atoms with E-state index in [2.05, 4.69) is 27.7 Å². The van der Waals surface area contributed by atoms with Gasteiger partial charge >= 0.3 is 17.9 Å². The molecule has 0 spiro atoms. The molecule has 0 aromatic heterocycles. The van der Waals surface area contributed by atoms with Gasteiger partial charge in [0.05, 0.1) is 0 Å². The number of carbonyl (C=O) groups excluding carboxylic acids is 3. The molecule has 6 heteroatoms. The Balaban J connectivity index is 4.26. The normalized spacial score (nSPS) is 11.9. The van der Waals surface area contributed by atoms with Crippen LogP contribution in [0.2, 0.25) is 0 Å². The molecule has 0 fully saturated rings. The molecule has 0 saturated carbocycles. The Morgan fingerprint density at radius 1 is 0.322 bits per heavy atom. The summed E-state index contributed by atoms with van der Waals surface area (Å²) in [7, 11) is 0. The van der Waals surface area contributed by atoms with E-state index in [1.165, 1.54) is 193 Å². The van der Waals surface area contributed by atoms with E-state index in [1.807, 2.05) is 0 Å². The average molecular weight is 835 g/mol. The summed E-state index contributed by atoms with van der Waals surface area (Å²) < 4.78 is 16.8. The molecule has 0 aliphatic carbocycles. The highest BCUT2D eigenvalue weighted by molar-refractivity contribution is 5.71. The molecule has 1 atom stereocenters. The van der Waals surface area contributed by atoms with Crippen molar-refractivity contribution in [2.45, 2.75) is 303 Å². The highest BCUT2D eigenvalue weighted by Crippen LogP contribution is 2.17. The minimum atomic E-state index is -0.761. The van der Waals surface area contributed by atoms with Crippen LogP contribution < -0.4 is 0 Å². The number of esters is 3. The summed E-state index contributed by atoms with van der Waals surface area (Å²) >= 11 is 0. The van der Waals surface area contributed by atoms with Crippen molar-refractivity contribution in [3.63, 3.8) is 0 Å². The predicted molar refractivity (Wildman–Crippen MR) is 252 cm³/mol. The summed E-state index contributed by atoms with van der Waals surface area (Å²) in [4.78, 5) is 37.9. The SMILES string of the molecule is CCCCCCCCCCCCCCCCCCCCC(=O)O[C@H](COC(=O)CCCCCCCCCCCCCCC)COC(=O)CCCCCCCCCC(C)C. The molecule has 6 nitrogen and oxygen atoms in total. The van der Waals surface area contributed by atoms with Gasteiger partial charge < -0.3 is 14.2 Å². The molecular weight excluding hydrogens is 733 g/mol. The minimum Gasteiger partial charge on any atom is -0.462 e. The summed E-state index contributed by atoms with van der Waals surface area (Å²) in [5.74, 6) is -0.0649. The Morgan fingerprint density at radius 3 is 0.831 bits per heavy atom. The Bertz CT molecular complexity index is 887. The van der Waals surface area contributed by atoms with E-state index >= 15 is 0 Å². The molecule has 0 radical (unpaired) electrons. The van der Waals surface area contributed by atoms with Crippen LogP contribution in [0.1, 0.15) is 297 Å². The van der Waals surface area contributed by atoms with Gasteiger partial charge in [0, 0.05) is 19.3 Å². The first-order valence-corrected chi connectivity index (χ1v) is 26.4. The van der Waals surface area contributed by atoms with E-state index in [4.69, 9.17) is 14.2 Å². The lowest BCUT2D eigenvalue weighted by Gasteiger charge is -2.18. The van der Waals surface area contributed by atoms with Crippen LogP contribution in [0.25, 0.3) is 0 Å². The van der Waals surface area contributed by atoms with Gasteiger partial charge in [-0.2, -0.15) is 0 Å². The van der Waals surface area contributed by atoms with E-state index in [9.17, 15) is 14.4 Å².